The number of aliphatic hydroxyl groups is 1. The second-order valence-corrected chi connectivity index (χ2v) is 5.16. The summed E-state index contributed by atoms with van der Waals surface area (Å²) in [5.41, 5.74) is 0.825. The van der Waals surface area contributed by atoms with Crippen LogP contribution in [-0.4, -0.2) is 39.3 Å². The van der Waals surface area contributed by atoms with Gasteiger partial charge in [0.1, 0.15) is 6.26 Å². The van der Waals surface area contributed by atoms with Crippen molar-refractivity contribution in [1.82, 2.24) is 15.0 Å². The van der Waals surface area contributed by atoms with E-state index in [9.17, 15) is 0 Å². The predicted octanol–water partition coefficient (Wildman–Crippen LogP) is 2.07. The minimum Gasteiger partial charge on any atom is -0.472 e. The number of furan rings is 1. The van der Waals surface area contributed by atoms with Gasteiger partial charge >= 0.3 is 0 Å². The average Bonchev–Trinajstić information content (AvgIpc) is 3.12. The van der Waals surface area contributed by atoms with Crippen LogP contribution in [-0.2, 0) is 6.54 Å². The lowest BCUT2D eigenvalue weighted by Crippen LogP contribution is -2.39. The first-order chi connectivity index (χ1) is 9.86. The minimum absolute atomic E-state index is 0.227. The SMILES string of the molecule is OCCC1CCCCN1Cc1nc(-c2ccoc2)no1. The van der Waals surface area contributed by atoms with Crippen molar-refractivity contribution in [1.29, 1.82) is 0 Å². The van der Waals surface area contributed by atoms with Crippen molar-refractivity contribution in [2.45, 2.75) is 38.3 Å². The first-order valence-corrected chi connectivity index (χ1v) is 7.07. The van der Waals surface area contributed by atoms with Crippen LogP contribution in [0.2, 0.25) is 0 Å². The van der Waals surface area contributed by atoms with Gasteiger partial charge in [0.2, 0.25) is 11.7 Å². The van der Waals surface area contributed by atoms with Gasteiger partial charge in [0.15, 0.2) is 0 Å². The van der Waals surface area contributed by atoms with Crippen LogP contribution in [0.4, 0.5) is 0 Å². The molecule has 3 heterocycles. The van der Waals surface area contributed by atoms with Crippen molar-refractivity contribution in [3.63, 3.8) is 0 Å². The molecule has 1 N–H and O–H groups in total. The summed E-state index contributed by atoms with van der Waals surface area (Å²) in [6, 6.07) is 2.22. The Morgan fingerprint density at radius 1 is 1.40 bits per heavy atom. The largest absolute Gasteiger partial charge is 0.472 e. The molecule has 0 spiro atoms. The highest BCUT2D eigenvalue weighted by atomic mass is 16.5. The molecule has 1 unspecified atom stereocenters. The van der Waals surface area contributed by atoms with Crippen molar-refractivity contribution in [3.05, 3.63) is 24.5 Å². The van der Waals surface area contributed by atoms with Crippen molar-refractivity contribution < 1.29 is 14.0 Å². The van der Waals surface area contributed by atoms with Crippen molar-refractivity contribution >= 4 is 0 Å². The summed E-state index contributed by atoms with van der Waals surface area (Å²) in [6.45, 7) is 1.90. The quantitative estimate of drug-likeness (QED) is 0.901. The molecule has 3 rings (SSSR count). The van der Waals surface area contributed by atoms with Gasteiger partial charge in [0.25, 0.3) is 0 Å². The number of aliphatic hydroxyl groups excluding tert-OH is 1. The van der Waals surface area contributed by atoms with E-state index < -0.39 is 0 Å². The third-order valence-electron chi connectivity index (χ3n) is 3.80. The van der Waals surface area contributed by atoms with Gasteiger partial charge < -0.3 is 14.0 Å². The molecule has 1 saturated heterocycles. The topological polar surface area (TPSA) is 75.5 Å². The van der Waals surface area contributed by atoms with E-state index in [2.05, 4.69) is 15.0 Å². The maximum absolute atomic E-state index is 9.14. The van der Waals surface area contributed by atoms with E-state index in [4.69, 9.17) is 14.0 Å². The van der Waals surface area contributed by atoms with Crippen molar-refractivity contribution in [2.24, 2.45) is 0 Å². The second-order valence-electron chi connectivity index (χ2n) is 5.16. The minimum atomic E-state index is 0.227. The molecule has 1 atom stereocenters. The zero-order chi connectivity index (χ0) is 13.8. The molecule has 6 nitrogen and oxygen atoms in total. The first-order valence-electron chi connectivity index (χ1n) is 7.07. The highest BCUT2D eigenvalue weighted by Gasteiger charge is 2.24. The molecule has 1 aliphatic rings. The Morgan fingerprint density at radius 2 is 2.35 bits per heavy atom. The number of piperidine rings is 1. The standard InChI is InChI=1S/C14H19N3O3/c18-7-4-12-3-1-2-6-17(12)9-13-15-14(16-20-13)11-5-8-19-10-11/h5,8,10,12,18H,1-4,6-7,9H2. The van der Waals surface area contributed by atoms with Crippen LogP contribution < -0.4 is 0 Å². The molecule has 1 aliphatic heterocycles. The summed E-state index contributed by atoms with van der Waals surface area (Å²) in [4.78, 5) is 6.73. The first kappa shape index (κ1) is 13.3. The number of aromatic nitrogens is 2. The number of likely N-dealkylation sites (tertiary alicyclic amines) is 1. The van der Waals surface area contributed by atoms with Crippen LogP contribution in [0.25, 0.3) is 11.4 Å². The van der Waals surface area contributed by atoms with Gasteiger partial charge in [-0.1, -0.05) is 11.6 Å². The second kappa shape index (κ2) is 6.19. The number of hydrogen-bond donors (Lipinski definition) is 1. The number of hydrogen-bond acceptors (Lipinski definition) is 6. The van der Waals surface area contributed by atoms with E-state index in [1.807, 2.05) is 6.07 Å². The van der Waals surface area contributed by atoms with Crippen LogP contribution in [0, 0.1) is 0 Å². The molecule has 0 bridgehead atoms. The van der Waals surface area contributed by atoms with Crippen LogP contribution >= 0.6 is 0 Å². The molecular formula is C14H19N3O3. The highest BCUT2D eigenvalue weighted by Crippen LogP contribution is 2.22. The van der Waals surface area contributed by atoms with E-state index in [0.717, 1.165) is 24.9 Å². The predicted molar refractivity (Wildman–Crippen MR) is 71.8 cm³/mol. The summed E-state index contributed by atoms with van der Waals surface area (Å²) < 4.78 is 10.3. The summed E-state index contributed by atoms with van der Waals surface area (Å²) >= 11 is 0. The lowest BCUT2D eigenvalue weighted by molar-refractivity contribution is 0.100. The Balaban J connectivity index is 1.67. The van der Waals surface area contributed by atoms with Crippen LogP contribution in [0.3, 0.4) is 0 Å². The van der Waals surface area contributed by atoms with Gasteiger partial charge in [0, 0.05) is 12.6 Å². The fourth-order valence-corrected chi connectivity index (χ4v) is 2.75. The zero-order valence-corrected chi connectivity index (χ0v) is 11.4. The lowest BCUT2D eigenvalue weighted by atomic mass is 10.00. The van der Waals surface area contributed by atoms with Gasteiger partial charge in [0.05, 0.1) is 18.4 Å². The molecule has 0 saturated carbocycles. The third kappa shape index (κ3) is 2.91. The Bertz CT molecular complexity index is 522. The smallest absolute Gasteiger partial charge is 0.241 e. The fraction of sp³-hybridized carbons (Fsp3) is 0.571. The highest BCUT2D eigenvalue weighted by molar-refractivity contribution is 5.51. The molecule has 20 heavy (non-hydrogen) atoms. The molecule has 1 fully saturated rings. The van der Waals surface area contributed by atoms with E-state index in [1.165, 1.54) is 12.8 Å². The van der Waals surface area contributed by atoms with Crippen molar-refractivity contribution in [2.75, 3.05) is 13.2 Å². The fourth-order valence-electron chi connectivity index (χ4n) is 2.75. The van der Waals surface area contributed by atoms with Gasteiger partial charge in [-0.25, -0.2) is 0 Å². The Labute approximate surface area is 117 Å². The van der Waals surface area contributed by atoms with E-state index in [0.29, 0.717) is 24.3 Å². The molecule has 6 heteroatoms. The monoisotopic (exact) mass is 277 g/mol. The molecule has 0 aliphatic carbocycles. The van der Waals surface area contributed by atoms with Crippen molar-refractivity contribution in [3.8, 4) is 11.4 Å². The molecule has 108 valence electrons. The van der Waals surface area contributed by atoms with E-state index in [-0.39, 0.29) is 6.61 Å². The Hall–Kier alpha value is -1.66. The maximum Gasteiger partial charge on any atom is 0.241 e. The van der Waals surface area contributed by atoms with Crippen LogP contribution in [0.15, 0.2) is 27.5 Å². The van der Waals surface area contributed by atoms with Crippen LogP contribution in [0.1, 0.15) is 31.6 Å². The maximum atomic E-state index is 9.14. The number of nitrogens with zero attached hydrogens (tertiary/aromatic N) is 3. The average molecular weight is 277 g/mol. The van der Waals surface area contributed by atoms with Gasteiger partial charge in [-0.2, -0.15) is 4.98 Å². The molecule has 0 aromatic carbocycles. The number of rotatable bonds is 5. The molecule has 0 radical (unpaired) electrons. The van der Waals surface area contributed by atoms with Gasteiger partial charge in [-0.15, -0.1) is 0 Å². The molecule has 2 aromatic heterocycles. The lowest BCUT2D eigenvalue weighted by Gasteiger charge is -2.34. The van der Waals surface area contributed by atoms with Crippen LogP contribution in [0.5, 0.6) is 0 Å². The summed E-state index contributed by atoms with van der Waals surface area (Å²) in [5, 5.41) is 13.1. The van der Waals surface area contributed by atoms with E-state index in [1.54, 1.807) is 12.5 Å². The zero-order valence-electron chi connectivity index (χ0n) is 11.4. The summed E-state index contributed by atoms with van der Waals surface area (Å²) in [6.07, 6.45) is 7.54. The summed E-state index contributed by atoms with van der Waals surface area (Å²) in [7, 11) is 0. The van der Waals surface area contributed by atoms with Gasteiger partial charge in [-0.05, 0) is 31.9 Å². The molecular weight excluding hydrogens is 258 g/mol. The summed E-state index contributed by atoms with van der Waals surface area (Å²) in [5.74, 6) is 1.18. The van der Waals surface area contributed by atoms with Gasteiger partial charge in [-0.3, -0.25) is 4.90 Å². The Morgan fingerprint density at radius 3 is 3.15 bits per heavy atom. The normalized spacial score (nSPS) is 20.4. The third-order valence-corrected chi connectivity index (χ3v) is 3.80. The van der Waals surface area contributed by atoms with E-state index >= 15 is 0 Å². The molecule has 2 aromatic rings. The molecule has 0 amide bonds. The Kier molecular flexibility index (Phi) is 4.13.